The second-order valence-electron chi connectivity index (χ2n) is 2.63. The van der Waals surface area contributed by atoms with E-state index >= 15 is 0 Å². The Hall–Kier alpha value is -1.02. The van der Waals surface area contributed by atoms with Crippen LogP contribution < -0.4 is 5.32 Å². The summed E-state index contributed by atoms with van der Waals surface area (Å²) in [6.07, 6.45) is 2.59. The lowest BCUT2D eigenvalue weighted by Crippen LogP contribution is -2.01. The SMILES string of the molecule is C=CCCNc1ccc(Cl)cc1F. The second kappa shape index (κ2) is 4.87. The summed E-state index contributed by atoms with van der Waals surface area (Å²) in [5, 5.41) is 3.35. The Morgan fingerprint density at radius 2 is 2.31 bits per heavy atom. The summed E-state index contributed by atoms with van der Waals surface area (Å²) in [5.74, 6) is -0.323. The molecule has 0 aliphatic heterocycles. The molecule has 0 saturated carbocycles. The van der Waals surface area contributed by atoms with Crippen molar-refractivity contribution in [3.8, 4) is 0 Å². The summed E-state index contributed by atoms with van der Waals surface area (Å²) in [4.78, 5) is 0. The fourth-order valence-electron chi connectivity index (χ4n) is 0.942. The molecule has 0 unspecified atom stereocenters. The van der Waals surface area contributed by atoms with Crippen molar-refractivity contribution in [2.45, 2.75) is 6.42 Å². The summed E-state index contributed by atoms with van der Waals surface area (Å²) in [7, 11) is 0. The van der Waals surface area contributed by atoms with Crippen LogP contribution in [0.2, 0.25) is 5.02 Å². The molecule has 0 aliphatic carbocycles. The zero-order valence-corrected chi connectivity index (χ0v) is 7.94. The van der Waals surface area contributed by atoms with Crippen molar-refractivity contribution >= 4 is 17.3 Å². The molecule has 0 atom stereocenters. The van der Waals surface area contributed by atoms with Crippen molar-refractivity contribution < 1.29 is 4.39 Å². The fraction of sp³-hybridized carbons (Fsp3) is 0.200. The van der Waals surface area contributed by atoms with Gasteiger partial charge in [0, 0.05) is 11.6 Å². The summed E-state index contributed by atoms with van der Waals surface area (Å²) in [6.45, 7) is 4.26. The van der Waals surface area contributed by atoms with E-state index in [-0.39, 0.29) is 5.82 Å². The van der Waals surface area contributed by atoms with Crippen LogP contribution in [0.1, 0.15) is 6.42 Å². The molecule has 0 radical (unpaired) electrons. The summed E-state index contributed by atoms with van der Waals surface area (Å²) in [6, 6.07) is 4.57. The van der Waals surface area contributed by atoms with Gasteiger partial charge in [-0.25, -0.2) is 4.39 Å². The van der Waals surface area contributed by atoms with E-state index in [1.54, 1.807) is 18.2 Å². The standard InChI is InChI=1S/C10H11ClFN/c1-2-3-6-13-10-5-4-8(11)7-9(10)12/h2,4-5,7,13H,1,3,6H2. The van der Waals surface area contributed by atoms with Gasteiger partial charge in [0.15, 0.2) is 0 Å². The Morgan fingerprint density at radius 1 is 1.54 bits per heavy atom. The smallest absolute Gasteiger partial charge is 0.147 e. The quantitative estimate of drug-likeness (QED) is 0.579. The summed E-state index contributed by atoms with van der Waals surface area (Å²) >= 11 is 5.59. The van der Waals surface area contributed by atoms with Crippen molar-refractivity contribution in [2.24, 2.45) is 0 Å². The highest BCUT2D eigenvalue weighted by Gasteiger charge is 2.00. The van der Waals surface area contributed by atoms with E-state index in [4.69, 9.17) is 11.6 Å². The average molecular weight is 200 g/mol. The molecule has 70 valence electrons. The van der Waals surface area contributed by atoms with Crippen LogP contribution in [0.4, 0.5) is 10.1 Å². The first-order valence-electron chi connectivity index (χ1n) is 4.04. The van der Waals surface area contributed by atoms with Gasteiger partial charge in [0.25, 0.3) is 0 Å². The minimum atomic E-state index is -0.323. The predicted molar refractivity (Wildman–Crippen MR) is 54.7 cm³/mol. The predicted octanol–water partition coefficient (Wildman–Crippen LogP) is 3.47. The average Bonchev–Trinajstić information content (AvgIpc) is 2.09. The molecule has 0 aromatic heterocycles. The first-order valence-corrected chi connectivity index (χ1v) is 4.41. The number of anilines is 1. The lowest BCUT2D eigenvalue weighted by Gasteiger charge is -2.05. The van der Waals surface area contributed by atoms with Crippen LogP contribution in [0.15, 0.2) is 30.9 Å². The Morgan fingerprint density at radius 3 is 2.92 bits per heavy atom. The Bertz CT molecular complexity index is 299. The van der Waals surface area contributed by atoms with E-state index in [0.717, 1.165) is 6.42 Å². The highest BCUT2D eigenvalue weighted by molar-refractivity contribution is 6.30. The third-order valence-corrected chi connectivity index (χ3v) is 1.83. The zero-order valence-electron chi connectivity index (χ0n) is 7.19. The fourth-order valence-corrected chi connectivity index (χ4v) is 1.10. The third kappa shape index (κ3) is 3.07. The molecule has 1 nitrogen and oxygen atoms in total. The number of hydrogen-bond donors (Lipinski definition) is 1. The molecule has 0 amide bonds. The van der Waals surface area contributed by atoms with E-state index in [2.05, 4.69) is 11.9 Å². The number of rotatable bonds is 4. The van der Waals surface area contributed by atoms with Crippen LogP contribution in [0.5, 0.6) is 0 Å². The number of hydrogen-bond acceptors (Lipinski definition) is 1. The maximum absolute atomic E-state index is 13.1. The molecule has 0 heterocycles. The molecule has 0 bridgehead atoms. The highest BCUT2D eigenvalue weighted by atomic mass is 35.5. The minimum Gasteiger partial charge on any atom is -0.382 e. The lowest BCUT2D eigenvalue weighted by atomic mass is 10.3. The van der Waals surface area contributed by atoms with Gasteiger partial charge in [-0.1, -0.05) is 17.7 Å². The number of halogens is 2. The van der Waals surface area contributed by atoms with Crippen molar-refractivity contribution in [1.29, 1.82) is 0 Å². The molecule has 1 aromatic carbocycles. The third-order valence-electron chi connectivity index (χ3n) is 1.60. The second-order valence-corrected chi connectivity index (χ2v) is 3.06. The molecular formula is C10H11ClFN. The normalized spacial score (nSPS) is 9.69. The highest BCUT2D eigenvalue weighted by Crippen LogP contribution is 2.18. The number of nitrogens with one attached hydrogen (secondary N) is 1. The van der Waals surface area contributed by atoms with Crippen LogP contribution in [0.25, 0.3) is 0 Å². The molecule has 0 spiro atoms. The molecule has 1 aromatic rings. The molecule has 0 saturated heterocycles. The Kier molecular flexibility index (Phi) is 3.77. The molecule has 1 N–H and O–H groups in total. The van der Waals surface area contributed by atoms with Gasteiger partial charge in [-0.3, -0.25) is 0 Å². The van der Waals surface area contributed by atoms with Gasteiger partial charge >= 0.3 is 0 Å². The van der Waals surface area contributed by atoms with E-state index in [1.807, 2.05) is 0 Å². The number of benzene rings is 1. The summed E-state index contributed by atoms with van der Waals surface area (Å²) in [5.41, 5.74) is 0.478. The first-order chi connectivity index (χ1) is 6.24. The molecule has 0 fully saturated rings. The molecule has 0 aliphatic rings. The monoisotopic (exact) mass is 199 g/mol. The molecule has 3 heteroatoms. The van der Waals surface area contributed by atoms with Gasteiger partial charge in [0.05, 0.1) is 5.69 Å². The van der Waals surface area contributed by atoms with Crippen LogP contribution >= 0.6 is 11.6 Å². The van der Waals surface area contributed by atoms with Crippen molar-refractivity contribution in [3.63, 3.8) is 0 Å². The zero-order chi connectivity index (χ0) is 9.68. The van der Waals surface area contributed by atoms with E-state index in [9.17, 15) is 4.39 Å². The van der Waals surface area contributed by atoms with Crippen molar-refractivity contribution in [1.82, 2.24) is 0 Å². The van der Waals surface area contributed by atoms with Gasteiger partial charge in [-0.2, -0.15) is 0 Å². The van der Waals surface area contributed by atoms with Crippen LogP contribution in [0.3, 0.4) is 0 Å². The van der Waals surface area contributed by atoms with E-state index in [1.165, 1.54) is 6.07 Å². The Balaban J connectivity index is 2.61. The van der Waals surface area contributed by atoms with Crippen LogP contribution in [-0.2, 0) is 0 Å². The van der Waals surface area contributed by atoms with Gasteiger partial charge in [-0.05, 0) is 24.6 Å². The topological polar surface area (TPSA) is 12.0 Å². The molecule has 1 rings (SSSR count). The van der Waals surface area contributed by atoms with Crippen molar-refractivity contribution in [2.75, 3.05) is 11.9 Å². The van der Waals surface area contributed by atoms with Crippen LogP contribution in [0, 0.1) is 5.82 Å². The van der Waals surface area contributed by atoms with E-state index in [0.29, 0.717) is 17.3 Å². The molecule has 13 heavy (non-hydrogen) atoms. The largest absolute Gasteiger partial charge is 0.382 e. The lowest BCUT2D eigenvalue weighted by molar-refractivity contribution is 0.630. The van der Waals surface area contributed by atoms with Gasteiger partial charge in [0.1, 0.15) is 5.82 Å². The van der Waals surface area contributed by atoms with Gasteiger partial charge in [0.2, 0.25) is 0 Å². The first kappa shape index (κ1) is 10.1. The maximum atomic E-state index is 13.1. The molecular weight excluding hydrogens is 189 g/mol. The van der Waals surface area contributed by atoms with Crippen LogP contribution in [-0.4, -0.2) is 6.54 Å². The Labute approximate surface area is 82.2 Å². The van der Waals surface area contributed by atoms with E-state index < -0.39 is 0 Å². The van der Waals surface area contributed by atoms with Gasteiger partial charge < -0.3 is 5.32 Å². The maximum Gasteiger partial charge on any atom is 0.147 e. The summed E-state index contributed by atoms with van der Waals surface area (Å²) < 4.78 is 13.1. The van der Waals surface area contributed by atoms with Crippen molar-refractivity contribution in [3.05, 3.63) is 41.7 Å². The van der Waals surface area contributed by atoms with Gasteiger partial charge in [-0.15, -0.1) is 6.58 Å². The minimum absolute atomic E-state index is 0.323.